The summed E-state index contributed by atoms with van der Waals surface area (Å²) in [6.45, 7) is 4.19. The molecule has 1 aliphatic carbocycles. The number of allylic oxidation sites excluding steroid dienone is 4. The monoisotopic (exact) mass is 380 g/mol. The maximum atomic E-state index is 14.5. The van der Waals surface area contributed by atoms with Crippen LogP contribution in [0.1, 0.15) is 13.8 Å². The highest BCUT2D eigenvalue weighted by Gasteiger charge is 2.48. The molecule has 2 N–H and O–H groups in total. The molecule has 0 aromatic heterocycles. The third-order valence-electron chi connectivity index (χ3n) is 4.31. The summed E-state index contributed by atoms with van der Waals surface area (Å²) < 4.78 is 55.6. The largest absolute Gasteiger partial charge is 0.387 e. The zero-order chi connectivity index (χ0) is 18.9. The summed E-state index contributed by atoms with van der Waals surface area (Å²) in [5.74, 6) is -2.11. The fourth-order valence-corrected chi connectivity index (χ4v) is 3.57. The second kappa shape index (κ2) is 7.78. The van der Waals surface area contributed by atoms with Gasteiger partial charge < -0.3 is 19.5 Å². The number of rotatable bonds is 5. The van der Waals surface area contributed by atoms with Crippen LogP contribution >= 0.6 is 7.60 Å². The number of halogens is 2. The van der Waals surface area contributed by atoms with Gasteiger partial charge in [-0.3, -0.25) is 9.09 Å². The third-order valence-corrected chi connectivity index (χ3v) is 4.94. The molecule has 0 radical (unpaired) electrons. The molecular weight excluding hydrogens is 357 g/mol. The van der Waals surface area contributed by atoms with Crippen molar-refractivity contribution in [2.45, 2.75) is 38.3 Å². The van der Waals surface area contributed by atoms with Crippen LogP contribution in [0.15, 0.2) is 35.0 Å². The first-order valence-corrected chi connectivity index (χ1v) is 9.83. The van der Waals surface area contributed by atoms with Crippen molar-refractivity contribution in [3.8, 4) is 0 Å². The minimum absolute atomic E-state index is 0.0313. The highest BCUT2D eigenvalue weighted by molar-refractivity contribution is 7.51. The fraction of sp³-hybridized carbons (Fsp3) is 0.625. The van der Waals surface area contributed by atoms with Gasteiger partial charge >= 0.3 is 7.60 Å². The molecule has 1 saturated heterocycles. The van der Waals surface area contributed by atoms with E-state index in [0.717, 1.165) is 12.7 Å². The molecule has 0 bridgehead atoms. The predicted octanol–water partition coefficient (Wildman–Crippen LogP) is 2.63. The summed E-state index contributed by atoms with van der Waals surface area (Å²) in [5, 5.41) is 10.5. The van der Waals surface area contributed by atoms with Crippen LogP contribution < -0.4 is 0 Å². The Morgan fingerprint density at radius 2 is 2.00 bits per heavy atom. The van der Waals surface area contributed by atoms with E-state index in [1.165, 1.54) is 13.2 Å². The highest BCUT2D eigenvalue weighted by Crippen LogP contribution is 2.44. The first kappa shape index (κ1) is 20.4. The van der Waals surface area contributed by atoms with Crippen molar-refractivity contribution in [2.24, 2.45) is 5.92 Å². The van der Waals surface area contributed by atoms with Gasteiger partial charge in [0.05, 0.1) is 6.61 Å². The van der Waals surface area contributed by atoms with E-state index in [4.69, 9.17) is 14.0 Å². The average molecular weight is 380 g/mol. The van der Waals surface area contributed by atoms with E-state index in [-0.39, 0.29) is 12.2 Å². The van der Waals surface area contributed by atoms with E-state index in [2.05, 4.69) is 0 Å². The number of hydrogen-bond acceptors (Lipinski definition) is 5. The van der Waals surface area contributed by atoms with E-state index in [0.29, 0.717) is 5.57 Å². The minimum atomic E-state index is -3.93. The average Bonchev–Trinajstić information content (AvgIpc) is 2.74. The van der Waals surface area contributed by atoms with Crippen LogP contribution in [0.2, 0.25) is 0 Å². The number of aliphatic hydroxyl groups is 1. The van der Waals surface area contributed by atoms with E-state index >= 15 is 0 Å². The second-order valence-electron chi connectivity index (χ2n) is 6.36. The van der Waals surface area contributed by atoms with Crippen LogP contribution in [-0.2, 0) is 18.6 Å². The normalized spacial score (nSPS) is 35.9. The lowest BCUT2D eigenvalue weighted by Gasteiger charge is -2.21. The van der Waals surface area contributed by atoms with Crippen molar-refractivity contribution in [1.82, 2.24) is 0 Å². The van der Waals surface area contributed by atoms with Gasteiger partial charge in [0, 0.05) is 31.3 Å². The number of aliphatic hydroxyl groups excluding tert-OH is 1. The highest BCUT2D eigenvalue weighted by atomic mass is 31.2. The van der Waals surface area contributed by atoms with Gasteiger partial charge in [0.25, 0.3) is 0 Å². The standard InChI is InChI=1S/C16H23F2O6P/c1-8-5-10(12(18)6-11(17)9(8)2)15-14(19)16(24-25(4,20)21)13(23-15)7-22-3/h5-6,9,13-16,19H,7H2,1-4H3,(H,20,21). The molecule has 0 saturated carbocycles. The van der Waals surface area contributed by atoms with E-state index in [1.54, 1.807) is 13.8 Å². The van der Waals surface area contributed by atoms with Crippen LogP contribution in [-0.4, -0.2) is 54.8 Å². The van der Waals surface area contributed by atoms with Crippen molar-refractivity contribution in [1.29, 1.82) is 0 Å². The Labute approximate surface area is 145 Å². The molecule has 9 heteroatoms. The van der Waals surface area contributed by atoms with Crippen molar-refractivity contribution in [3.05, 3.63) is 35.0 Å². The summed E-state index contributed by atoms with van der Waals surface area (Å²) in [6, 6.07) is 0. The lowest BCUT2D eigenvalue weighted by atomic mass is 9.97. The van der Waals surface area contributed by atoms with Crippen LogP contribution in [0.3, 0.4) is 0 Å². The molecule has 0 amide bonds. The quantitative estimate of drug-likeness (QED) is 0.714. The van der Waals surface area contributed by atoms with Crippen LogP contribution in [0.25, 0.3) is 0 Å². The summed E-state index contributed by atoms with van der Waals surface area (Å²) >= 11 is 0. The van der Waals surface area contributed by atoms with Crippen molar-refractivity contribution < 1.29 is 37.3 Å². The molecule has 0 spiro atoms. The first-order valence-electron chi connectivity index (χ1n) is 7.81. The molecule has 0 aromatic rings. The van der Waals surface area contributed by atoms with Crippen molar-refractivity contribution >= 4 is 7.60 Å². The van der Waals surface area contributed by atoms with Gasteiger partial charge in [-0.2, -0.15) is 0 Å². The van der Waals surface area contributed by atoms with Gasteiger partial charge in [-0.1, -0.05) is 18.6 Å². The molecule has 6 nitrogen and oxygen atoms in total. The Morgan fingerprint density at radius 3 is 2.56 bits per heavy atom. The Kier molecular flexibility index (Phi) is 6.35. The Morgan fingerprint density at radius 1 is 1.36 bits per heavy atom. The van der Waals surface area contributed by atoms with Gasteiger partial charge in [0.15, 0.2) is 0 Å². The molecule has 6 unspecified atom stereocenters. The smallest absolute Gasteiger partial charge is 0.325 e. The van der Waals surface area contributed by atoms with Gasteiger partial charge in [-0.25, -0.2) is 8.78 Å². The summed E-state index contributed by atoms with van der Waals surface area (Å²) in [6.07, 6.45) is -2.48. The zero-order valence-corrected chi connectivity index (χ0v) is 15.4. The summed E-state index contributed by atoms with van der Waals surface area (Å²) in [5.41, 5.74) is 0.517. The van der Waals surface area contributed by atoms with E-state index in [1.807, 2.05) is 0 Å². The van der Waals surface area contributed by atoms with Gasteiger partial charge in [0.1, 0.15) is 36.1 Å². The molecule has 1 aliphatic heterocycles. The van der Waals surface area contributed by atoms with Gasteiger partial charge in [-0.05, 0) is 6.92 Å². The number of hydrogen-bond donors (Lipinski definition) is 2. The summed E-state index contributed by atoms with van der Waals surface area (Å²) in [4.78, 5) is 9.46. The van der Waals surface area contributed by atoms with Crippen LogP contribution in [0.4, 0.5) is 8.78 Å². The molecule has 0 aromatic carbocycles. The molecule has 2 rings (SSSR count). The zero-order valence-electron chi connectivity index (χ0n) is 14.5. The fourth-order valence-electron chi connectivity index (χ4n) is 2.85. The maximum absolute atomic E-state index is 14.5. The topological polar surface area (TPSA) is 85.2 Å². The molecule has 6 atom stereocenters. The minimum Gasteiger partial charge on any atom is -0.387 e. The third kappa shape index (κ3) is 4.64. The van der Waals surface area contributed by atoms with Crippen molar-refractivity contribution in [2.75, 3.05) is 20.4 Å². The van der Waals surface area contributed by atoms with Gasteiger partial charge in [-0.15, -0.1) is 0 Å². The molecule has 25 heavy (non-hydrogen) atoms. The number of methoxy groups -OCH3 is 1. The van der Waals surface area contributed by atoms with E-state index < -0.39 is 49.6 Å². The van der Waals surface area contributed by atoms with Gasteiger partial charge in [0.2, 0.25) is 0 Å². The van der Waals surface area contributed by atoms with Crippen LogP contribution in [0, 0.1) is 5.92 Å². The lowest BCUT2D eigenvalue weighted by Crippen LogP contribution is -2.36. The SMILES string of the molecule is COCC1OC(C2=C(F)C=C(F)C(C)C(C)=C2)C(O)C1OP(C)(=O)O. The Hall–Kier alpha value is -0.890. The second-order valence-corrected chi connectivity index (χ2v) is 8.17. The predicted molar refractivity (Wildman–Crippen MR) is 87.4 cm³/mol. The molecule has 2 aliphatic rings. The number of ether oxygens (including phenoxy) is 2. The van der Waals surface area contributed by atoms with E-state index in [9.17, 15) is 23.3 Å². The summed E-state index contributed by atoms with van der Waals surface area (Å²) in [7, 11) is -2.54. The van der Waals surface area contributed by atoms with Crippen molar-refractivity contribution in [3.63, 3.8) is 0 Å². The first-order chi connectivity index (χ1) is 11.5. The molecule has 1 fully saturated rings. The Balaban J connectivity index is 2.39. The van der Waals surface area contributed by atoms with Crippen LogP contribution in [0.5, 0.6) is 0 Å². The maximum Gasteiger partial charge on any atom is 0.325 e. The molecular formula is C16H23F2O6P. The molecule has 1 heterocycles. The Bertz CT molecular complexity index is 653. The lowest BCUT2D eigenvalue weighted by molar-refractivity contribution is -0.0207. The molecule has 142 valence electrons.